The van der Waals surface area contributed by atoms with Gasteiger partial charge in [0.05, 0.1) is 0 Å². The number of ether oxygens (including phenoxy) is 1. The number of alkyl carbamates (subject to hydrolysis) is 1. The first-order chi connectivity index (χ1) is 8.81. The average Bonchev–Trinajstić information content (AvgIpc) is 2.34. The Morgan fingerprint density at radius 2 is 2.21 bits per heavy atom. The van der Waals surface area contributed by atoms with Crippen LogP contribution in [0.15, 0.2) is 24.3 Å². The molecule has 0 radical (unpaired) electrons. The minimum atomic E-state index is -0.516. The highest BCUT2D eigenvalue weighted by molar-refractivity contribution is 5.67. The third-order valence-electron chi connectivity index (χ3n) is 2.35. The number of hydrogen-bond donors (Lipinski definition) is 2. The zero-order chi connectivity index (χ0) is 14.5. The summed E-state index contributed by atoms with van der Waals surface area (Å²) >= 11 is 0. The smallest absolute Gasteiger partial charge is 0.407 e. The van der Waals surface area contributed by atoms with Crippen molar-refractivity contribution in [2.24, 2.45) is 5.73 Å². The molecule has 0 aliphatic carbocycles. The number of amides is 1. The van der Waals surface area contributed by atoms with Gasteiger partial charge < -0.3 is 15.8 Å². The number of rotatable bonds is 3. The van der Waals surface area contributed by atoms with E-state index in [0.717, 1.165) is 11.1 Å². The Kier molecular flexibility index (Phi) is 4.96. The molecule has 19 heavy (non-hydrogen) atoms. The maximum atomic E-state index is 11.5. The van der Waals surface area contributed by atoms with Crippen molar-refractivity contribution < 1.29 is 9.53 Å². The first-order valence-corrected chi connectivity index (χ1v) is 6.11. The van der Waals surface area contributed by atoms with E-state index >= 15 is 0 Å². The van der Waals surface area contributed by atoms with Gasteiger partial charge in [-0.1, -0.05) is 18.1 Å². The van der Waals surface area contributed by atoms with Gasteiger partial charge in [0.2, 0.25) is 0 Å². The number of nitrogens with one attached hydrogen (secondary N) is 1. The zero-order valence-electron chi connectivity index (χ0n) is 11.6. The highest BCUT2D eigenvalue weighted by atomic mass is 16.6. The Morgan fingerprint density at radius 1 is 1.53 bits per heavy atom. The summed E-state index contributed by atoms with van der Waals surface area (Å²) in [7, 11) is 0. The first-order valence-electron chi connectivity index (χ1n) is 6.11. The third kappa shape index (κ3) is 5.45. The van der Waals surface area contributed by atoms with Gasteiger partial charge in [-0.15, -0.1) is 6.42 Å². The Balaban J connectivity index is 2.54. The van der Waals surface area contributed by atoms with E-state index in [9.17, 15) is 4.79 Å². The van der Waals surface area contributed by atoms with Crippen LogP contribution in [0.5, 0.6) is 0 Å². The predicted molar refractivity (Wildman–Crippen MR) is 75.5 cm³/mol. The monoisotopic (exact) mass is 260 g/mol. The third-order valence-corrected chi connectivity index (χ3v) is 2.35. The largest absolute Gasteiger partial charge is 0.444 e. The maximum absolute atomic E-state index is 11.5. The van der Waals surface area contributed by atoms with Crippen molar-refractivity contribution in [2.75, 3.05) is 6.54 Å². The molecule has 0 fully saturated rings. The minimum absolute atomic E-state index is 0.295. The lowest BCUT2D eigenvalue weighted by molar-refractivity contribution is 0.0524. The van der Waals surface area contributed by atoms with Gasteiger partial charge in [-0.05, 0) is 38.5 Å². The second-order valence-corrected chi connectivity index (χ2v) is 5.26. The summed E-state index contributed by atoms with van der Waals surface area (Å²) in [4.78, 5) is 11.5. The Bertz CT molecular complexity index is 484. The topological polar surface area (TPSA) is 64.3 Å². The van der Waals surface area contributed by atoms with Crippen LogP contribution < -0.4 is 11.1 Å². The molecule has 1 atom stereocenters. The lowest BCUT2D eigenvalue weighted by atomic mass is 10.0. The van der Waals surface area contributed by atoms with Crippen molar-refractivity contribution >= 4 is 6.09 Å². The average molecular weight is 260 g/mol. The minimum Gasteiger partial charge on any atom is -0.444 e. The molecule has 0 heterocycles. The number of carbonyl (C=O) groups excluding carboxylic acids is 1. The molecule has 1 unspecified atom stereocenters. The Morgan fingerprint density at radius 3 is 2.79 bits per heavy atom. The van der Waals surface area contributed by atoms with Gasteiger partial charge in [0.25, 0.3) is 0 Å². The lowest BCUT2D eigenvalue weighted by Gasteiger charge is -2.21. The summed E-state index contributed by atoms with van der Waals surface area (Å²) in [5.74, 6) is 2.55. The second-order valence-electron chi connectivity index (χ2n) is 5.26. The fourth-order valence-electron chi connectivity index (χ4n) is 1.48. The molecule has 3 N–H and O–H groups in total. The predicted octanol–water partition coefficient (Wildman–Crippen LogP) is 2.19. The molecule has 0 aliphatic rings. The van der Waals surface area contributed by atoms with E-state index in [1.807, 2.05) is 45.0 Å². The highest BCUT2D eigenvalue weighted by Gasteiger charge is 2.16. The van der Waals surface area contributed by atoms with Gasteiger partial charge >= 0.3 is 6.09 Å². The lowest BCUT2D eigenvalue weighted by Crippen LogP contribution is -2.36. The Hall–Kier alpha value is -1.99. The Labute approximate surface area is 114 Å². The standard InChI is InChI=1S/C15H20N2O2/c1-5-11-7-6-8-12(9-11)13(16)10-17-14(18)19-15(2,3)4/h1,6-9,13H,10,16H2,2-4H3,(H,17,18). The number of hydrogen-bond acceptors (Lipinski definition) is 3. The number of terminal acetylenes is 1. The van der Waals surface area contributed by atoms with Crippen LogP contribution in [-0.4, -0.2) is 18.2 Å². The van der Waals surface area contributed by atoms with E-state index < -0.39 is 11.7 Å². The van der Waals surface area contributed by atoms with Gasteiger partial charge in [-0.3, -0.25) is 0 Å². The molecule has 1 rings (SSSR count). The molecule has 0 bridgehead atoms. The van der Waals surface area contributed by atoms with Crippen molar-refractivity contribution in [3.8, 4) is 12.3 Å². The van der Waals surface area contributed by atoms with Crippen molar-refractivity contribution in [3.63, 3.8) is 0 Å². The molecular formula is C15H20N2O2. The summed E-state index contributed by atoms with van der Waals surface area (Å²) in [6, 6.07) is 7.07. The van der Waals surface area contributed by atoms with Crippen LogP contribution in [0.2, 0.25) is 0 Å². The van der Waals surface area contributed by atoms with Gasteiger partial charge in [-0.25, -0.2) is 4.79 Å². The quantitative estimate of drug-likeness (QED) is 0.819. The molecule has 0 saturated carbocycles. The molecule has 4 heteroatoms. The zero-order valence-corrected chi connectivity index (χ0v) is 11.6. The fraction of sp³-hybridized carbons (Fsp3) is 0.400. The molecule has 0 saturated heterocycles. The van der Waals surface area contributed by atoms with Crippen LogP contribution >= 0.6 is 0 Å². The number of benzene rings is 1. The summed E-state index contributed by atoms with van der Waals surface area (Å²) < 4.78 is 5.13. The van der Waals surface area contributed by atoms with E-state index in [4.69, 9.17) is 16.9 Å². The van der Waals surface area contributed by atoms with Crippen molar-refractivity contribution in [2.45, 2.75) is 32.4 Å². The second kappa shape index (κ2) is 6.26. The SMILES string of the molecule is C#Cc1cccc(C(N)CNC(=O)OC(C)(C)C)c1. The highest BCUT2D eigenvalue weighted by Crippen LogP contribution is 2.12. The van der Waals surface area contributed by atoms with Gasteiger partial charge in [0.1, 0.15) is 5.60 Å². The normalized spacial score (nSPS) is 12.4. The molecule has 1 amide bonds. The number of carbonyl (C=O) groups is 1. The van der Waals surface area contributed by atoms with Crippen LogP contribution in [0.25, 0.3) is 0 Å². The first kappa shape index (κ1) is 15.1. The molecule has 4 nitrogen and oxygen atoms in total. The van der Waals surface area contributed by atoms with Gasteiger partial charge in [0, 0.05) is 18.2 Å². The van der Waals surface area contributed by atoms with E-state index in [2.05, 4.69) is 11.2 Å². The van der Waals surface area contributed by atoms with Gasteiger partial charge in [-0.2, -0.15) is 0 Å². The molecule has 0 spiro atoms. The van der Waals surface area contributed by atoms with Gasteiger partial charge in [0.15, 0.2) is 0 Å². The van der Waals surface area contributed by atoms with E-state index in [0.29, 0.717) is 6.54 Å². The van der Waals surface area contributed by atoms with Crippen LogP contribution in [0, 0.1) is 12.3 Å². The van der Waals surface area contributed by atoms with Crippen LogP contribution in [0.3, 0.4) is 0 Å². The molecule has 1 aromatic rings. The molecule has 102 valence electrons. The van der Waals surface area contributed by atoms with E-state index in [-0.39, 0.29) is 6.04 Å². The van der Waals surface area contributed by atoms with Crippen molar-refractivity contribution in [3.05, 3.63) is 35.4 Å². The van der Waals surface area contributed by atoms with Crippen molar-refractivity contribution in [1.29, 1.82) is 0 Å². The molecule has 0 aromatic heterocycles. The van der Waals surface area contributed by atoms with E-state index in [1.54, 1.807) is 0 Å². The fourth-order valence-corrected chi connectivity index (χ4v) is 1.48. The molecule has 1 aromatic carbocycles. The van der Waals surface area contributed by atoms with Crippen molar-refractivity contribution in [1.82, 2.24) is 5.32 Å². The summed E-state index contributed by atoms with van der Waals surface area (Å²) in [6.45, 7) is 5.72. The molecular weight excluding hydrogens is 240 g/mol. The summed E-state index contributed by atoms with van der Waals surface area (Å²) in [6.07, 6.45) is 4.85. The van der Waals surface area contributed by atoms with E-state index in [1.165, 1.54) is 0 Å². The van der Waals surface area contributed by atoms with Crippen LogP contribution in [0.4, 0.5) is 4.79 Å². The van der Waals surface area contributed by atoms with Crippen LogP contribution in [0.1, 0.15) is 37.9 Å². The number of nitrogens with two attached hydrogens (primary N) is 1. The molecule has 0 aliphatic heterocycles. The summed E-state index contributed by atoms with van der Waals surface area (Å²) in [5, 5.41) is 2.64. The summed E-state index contributed by atoms with van der Waals surface area (Å²) in [5.41, 5.74) is 7.13. The maximum Gasteiger partial charge on any atom is 0.407 e. The van der Waals surface area contributed by atoms with Crippen LogP contribution in [-0.2, 0) is 4.74 Å².